The molecule has 17 heavy (non-hydrogen) atoms. The zero-order valence-corrected chi connectivity index (χ0v) is 10.8. The third kappa shape index (κ3) is 3.77. The van der Waals surface area contributed by atoms with Crippen LogP contribution in [0, 0.1) is 0 Å². The van der Waals surface area contributed by atoms with Crippen molar-refractivity contribution in [1.82, 2.24) is 0 Å². The molecule has 0 spiro atoms. The average Bonchev–Trinajstić information content (AvgIpc) is 2.30. The Morgan fingerprint density at radius 1 is 1.24 bits per heavy atom. The van der Waals surface area contributed by atoms with E-state index in [0.717, 1.165) is 18.7 Å². The predicted octanol–water partition coefficient (Wildman–Crippen LogP) is 3.11. The number of nitrogens with zero attached hydrogens (tertiary/aromatic N) is 1. The van der Waals surface area contributed by atoms with Crippen molar-refractivity contribution in [3.63, 3.8) is 0 Å². The first-order valence-corrected chi connectivity index (χ1v) is 6.15. The van der Waals surface area contributed by atoms with Gasteiger partial charge in [0.05, 0.1) is 6.42 Å². The molecule has 0 aliphatic rings. The van der Waals surface area contributed by atoms with Gasteiger partial charge in [0.25, 0.3) is 0 Å². The maximum Gasteiger partial charge on any atom is 0.303 e. The molecule has 1 rings (SSSR count). The lowest BCUT2D eigenvalue weighted by Crippen LogP contribution is -2.21. The summed E-state index contributed by atoms with van der Waals surface area (Å²) in [7, 11) is 0. The Balaban J connectivity index is 2.76. The van der Waals surface area contributed by atoms with Gasteiger partial charge in [-0.2, -0.15) is 0 Å². The van der Waals surface area contributed by atoms with Gasteiger partial charge in [0, 0.05) is 18.8 Å². The Morgan fingerprint density at radius 3 is 2.18 bits per heavy atom. The van der Waals surface area contributed by atoms with Gasteiger partial charge in [-0.05, 0) is 37.5 Å². The Hall–Kier alpha value is -1.51. The second-order valence-corrected chi connectivity index (χ2v) is 4.26. The molecular formula is C14H21NO2. The van der Waals surface area contributed by atoms with Gasteiger partial charge in [0.15, 0.2) is 0 Å². The number of hydrogen-bond donors (Lipinski definition) is 1. The number of anilines is 1. The van der Waals surface area contributed by atoms with Crippen molar-refractivity contribution in [3.05, 3.63) is 29.8 Å². The first kappa shape index (κ1) is 13.6. The van der Waals surface area contributed by atoms with E-state index >= 15 is 0 Å². The smallest absolute Gasteiger partial charge is 0.303 e. The van der Waals surface area contributed by atoms with Crippen molar-refractivity contribution in [1.29, 1.82) is 0 Å². The van der Waals surface area contributed by atoms with E-state index in [9.17, 15) is 4.79 Å². The van der Waals surface area contributed by atoms with Crippen molar-refractivity contribution in [2.75, 3.05) is 18.0 Å². The quantitative estimate of drug-likeness (QED) is 0.823. The molecule has 0 radical (unpaired) electrons. The normalized spacial score (nSPS) is 12.2. The molecule has 1 N–H and O–H groups in total. The van der Waals surface area contributed by atoms with Crippen LogP contribution in [0.4, 0.5) is 5.69 Å². The molecule has 0 fully saturated rings. The van der Waals surface area contributed by atoms with E-state index in [0.29, 0.717) is 0 Å². The van der Waals surface area contributed by atoms with Gasteiger partial charge in [0.1, 0.15) is 0 Å². The average molecular weight is 235 g/mol. The van der Waals surface area contributed by atoms with Crippen LogP contribution >= 0.6 is 0 Å². The summed E-state index contributed by atoms with van der Waals surface area (Å²) in [4.78, 5) is 12.9. The maximum atomic E-state index is 10.6. The fourth-order valence-corrected chi connectivity index (χ4v) is 1.98. The third-order valence-corrected chi connectivity index (χ3v) is 3.07. The first-order chi connectivity index (χ1) is 8.08. The van der Waals surface area contributed by atoms with Crippen LogP contribution in [-0.4, -0.2) is 24.2 Å². The second kappa shape index (κ2) is 6.28. The van der Waals surface area contributed by atoms with Crippen molar-refractivity contribution in [3.8, 4) is 0 Å². The molecule has 0 aromatic heterocycles. The molecule has 94 valence electrons. The minimum Gasteiger partial charge on any atom is -0.481 e. The largest absolute Gasteiger partial charge is 0.481 e. The number of benzene rings is 1. The molecule has 1 aromatic rings. The monoisotopic (exact) mass is 235 g/mol. The number of hydrogen-bond acceptors (Lipinski definition) is 2. The highest BCUT2D eigenvalue weighted by Gasteiger charge is 2.10. The van der Waals surface area contributed by atoms with Crippen LogP contribution in [0.15, 0.2) is 24.3 Å². The lowest BCUT2D eigenvalue weighted by Gasteiger charge is -2.21. The van der Waals surface area contributed by atoms with Crippen LogP contribution in [0.2, 0.25) is 0 Å². The number of rotatable bonds is 6. The van der Waals surface area contributed by atoms with Crippen molar-refractivity contribution < 1.29 is 9.90 Å². The molecule has 0 aliphatic carbocycles. The van der Waals surface area contributed by atoms with Crippen LogP contribution in [0.5, 0.6) is 0 Å². The van der Waals surface area contributed by atoms with Gasteiger partial charge in [-0.25, -0.2) is 0 Å². The molecular weight excluding hydrogens is 214 g/mol. The highest BCUT2D eigenvalue weighted by atomic mass is 16.4. The standard InChI is InChI=1S/C14H21NO2/c1-4-15(5-2)13-8-6-12(7-9-13)11(3)10-14(16)17/h6-9,11H,4-5,10H2,1-3H3,(H,16,17). The fraction of sp³-hybridized carbons (Fsp3) is 0.500. The van der Waals surface area contributed by atoms with E-state index in [-0.39, 0.29) is 12.3 Å². The summed E-state index contributed by atoms with van der Waals surface area (Å²) >= 11 is 0. The molecule has 0 saturated heterocycles. The van der Waals surface area contributed by atoms with E-state index in [1.54, 1.807) is 0 Å². The highest BCUT2D eigenvalue weighted by molar-refractivity contribution is 5.68. The minimum atomic E-state index is -0.745. The predicted molar refractivity (Wildman–Crippen MR) is 70.7 cm³/mol. The number of carbonyl (C=O) groups is 1. The zero-order valence-electron chi connectivity index (χ0n) is 10.8. The molecule has 1 atom stereocenters. The summed E-state index contributed by atoms with van der Waals surface area (Å²) in [6, 6.07) is 8.20. The summed E-state index contributed by atoms with van der Waals surface area (Å²) in [5.41, 5.74) is 2.28. The number of carboxylic acids is 1. The van der Waals surface area contributed by atoms with Gasteiger partial charge in [0.2, 0.25) is 0 Å². The molecule has 3 heteroatoms. The molecule has 0 aliphatic heterocycles. The van der Waals surface area contributed by atoms with Gasteiger partial charge >= 0.3 is 5.97 Å². The molecule has 0 bridgehead atoms. The summed E-state index contributed by atoms with van der Waals surface area (Å²) < 4.78 is 0. The van der Waals surface area contributed by atoms with Gasteiger partial charge < -0.3 is 10.0 Å². The van der Waals surface area contributed by atoms with Crippen LogP contribution in [-0.2, 0) is 4.79 Å². The van der Waals surface area contributed by atoms with E-state index in [2.05, 4.69) is 30.9 Å². The molecule has 0 saturated carbocycles. The van der Waals surface area contributed by atoms with Crippen LogP contribution < -0.4 is 4.90 Å². The third-order valence-electron chi connectivity index (χ3n) is 3.07. The van der Waals surface area contributed by atoms with Gasteiger partial charge in [-0.15, -0.1) is 0 Å². The van der Waals surface area contributed by atoms with Crippen LogP contribution in [0.3, 0.4) is 0 Å². The Morgan fingerprint density at radius 2 is 1.76 bits per heavy atom. The van der Waals surface area contributed by atoms with Crippen molar-refractivity contribution in [2.45, 2.75) is 33.1 Å². The van der Waals surface area contributed by atoms with Crippen LogP contribution in [0.25, 0.3) is 0 Å². The Bertz CT molecular complexity index is 355. The first-order valence-electron chi connectivity index (χ1n) is 6.15. The fourth-order valence-electron chi connectivity index (χ4n) is 1.98. The molecule has 0 heterocycles. The maximum absolute atomic E-state index is 10.6. The second-order valence-electron chi connectivity index (χ2n) is 4.26. The summed E-state index contributed by atoms with van der Waals surface area (Å²) in [5, 5.41) is 8.76. The van der Waals surface area contributed by atoms with Gasteiger partial charge in [-0.1, -0.05) is 19.1 Å². The number of aliphatic carboxylic acids is 1. The zero-order chi connectivity index (χ0) is 12.8. The van der Waals surface area contributed by atoms with E-state index in [1.807, 2.05) is 19.1 Å². The van der Waals surface area contributed by atoms with E-state index < -0.39 is 5.97 Å². The SMILES string of the molecule is CCN(CC)c1ccc(C(C)CC(=O)O)cc1. The minimum absolute atomic E-state index is 0.0678. The van der Waals surface area contributed by atoms with E-state index in [1.165, 1.54) is 5.69 Å². The van der Waals surface area contributed by atoms with Crippen molar-refractivity contribution >= 4 is 11.7 Å². The van der Waals surface area contributed by atoms with E-state index in [4.69, 9.17) is 5.11 Å². The Labute approximate surface area is 103 Å². The topological polar surface area (TPSA) is 40.5 Å². The summed E-state index contributed by atoms with van der Waals surface area (Å²) in [6.45, 7) is 8.18. The Kier molecular flexibility index (Phi) is 5.01. The molecule has 0 amide bonds. The molecule has 1 unspecified atom stereocenters. The lowest BCUT2D eigenvalue weighted by molar-refractivity contribution is -0.137. The molecule has 1 aromatic carbocycles. The lowest BCUT2D eigenvalue weighted by atomic mass is 9.97. The van der Waals surface area contributed by atoms with Crippen LogP contribution in [0.1, 0.15) is 38.7 Å². The van der Waals surface area contributed by atoms with Gasteiger partial charge in [-0.3, -0.25) is 4.79 Å². The molecule has 3 nitrogen and oxygen atoms in total. The highest BCUT2D eigenvalue weighted by Crippen LogP contribution is 2.22. The van der Waals surface area contributed by atoms with Crippen molar-refractivity contribution in [2.24, 2.45) is 0 Å². The summed E-state index contributed by atoms with van der Waals surface area (Å²) in [5.74, 6) is -0.677. The summed E-state index contributed by atoms with van der Waals surface area (Å²) in [6.07, 6.45) is 0.185. The number of carboxylic acid groups (broad SMARTS) is 1.